The first-order chi connectivity index (χ1) is 8.34. The second-order valence-corrected chi connectivity index (χ2v) is 5.07. The first kappa shape index (κ1) is 18.2. The van der Waals surface area contributed by atoms with Gasteiger partial charge in [0.1, 0.15) is 5.76 Å². The van der Waals surface area contributed by atoms with E-state index in [1.54, 1.807) is 0 Å². The molecule has 5 nitrogen and oxygen atoms in total. The van der Waals surface area contributed by atoms with Gasteiger partial charge in [0.2, 0.25) is 0 Å². The Kier molecular flexibility index (Phi) is 7.39. The molecule has 0 N–H and O–H groups in total. The zero-order chi connectivity index (χ0) is 13.9. The molecule has 0 fully saturated rings. The van der Waals surface area contributed by atoms with Crippen LogP contribution in [0.2, 0.25) is 0 Å². The minimum absolute atomic E-state index is 0. The maximum absolute atomic E-state index is 5.20. The number of hydrogen-bond acceptors (Lipinski definition) is 3. The molecule has 19 heavy (non-hydrogen) atoms. The number of guanidine groups is 1. The van der Waals surface area contributed by atoms with Crippen molar-refractivity contribution in [1.82, 2.24) is 15.0 Å². The largest absolute Gasteiger partial charge is 0.361 e. The van der Waals surface area contributed by atoms with Gasteiger partial charge in [-0.3, -0.25) is 4.99 Å². The van der Waals surface area contributed by atoms with Crippen molar-refractivity contribution in [2.75, 3.05) is 34.7 Å². The predicted octanol–water partition coefficient (Wildman–Crippen LogP) is 2.49. The zero-order valence-corrected chi connectivity index (χ0v) is 15.2. The summed E-state index contributed by atoms with van der Waals surface area (Å²) in [5, 5.41) is 3.99. The summed E-state index contributed by atoms with van der Waals surface area (Å²) in [7, 11) is 8.00. The van der Waals surface area contributed by atoms with Gasteiger partial charge in [-0.25, -0.2) is 0 Å². The van der Waals surface area contributed by atoms with E-state index in [2.05, 4.69) is 17.1 Å². The molecule has 1 unspecified atom stereocenters. The molecule has 0 saturated heterocycles. The van der Waals surface area contributed by atoms with Crippen molar-refractivity contribution in [2.45, 2.75) is 26.7 Å². The van der Waals surface area contributed by atoms with Crippen LogP contribution < -0.4 is 0 Å². The lowest BCUT2D eigenvalue weighted by Gasteiger charge is -2.23. The first-order valence-corrected chi connectivity index (χ1v) is 6.16. The Balaban J connectivity index is 0.00000324. The van der Waals surface area contributed by atoms with E-state index in [0.717, 1.165) is 24.0 Å². The number of aliphatic imine (C=N–C) groups is 1. The van der Waals surface area contributed by atoms with Gasteiger partial charge in [-0.2, -0.15) is 0 Å². The number of hydrogen-bond donors (Lipinski definition) is 0. The van der Waals surface area contributed by atoms with E-state index in [-0.39, 0.29) is 24.0 Å². The van der Waals surface area contributed by atoms with Crippen LogP contribution in [0.3, 0.4) is 0 Å². The van der Waals surface area contributed by atoms with Gasteiger partial charge in [0.15, 0.2) is 5.96 Å². The lowest BCUT2D eigenvalue weighted by Crippen LogP contribution is -2.35. The predicted molar refractivity (Wildman–Crippen MR) is 89.5 cm³/mol. The molecule has 0 amide bonds. The van der Waals surface area contributed by atoms with Crippen molar-refractivity contribution < 1.29 is 4.52 Å². The van der Waals surface area contributed by atoms with Crippen LogP contribution in [0.4, 0.5) is 0 Å². The van der Waals surface area contributed by atoms with Crippen molar-refractivity contribution in [2.24, 2.45) is 4.99 Å². The van der Waals surface area contributed by atoms with Crippen LogP contribution in [0.5, 0.6) is 0 Å². The highest BCUT2D eigenvalue weighted by Crippen LogP contribution is 2.23. The first-order valence-electron chi connectivity index (χ1n) is 6.16. The molecule has 0 spiro atoms. The Bertz CT molecular complexity index is 397. The minimum atomic E-state index is 0. The SMILES string of the molecule is Cc1noc(C)c1C(C)CN=C(N(C)C)N(C)C.I. The van der Waals surface area contributed by atoms with E-state index < -0.39 is 0 Å². The van der Waals surface area contributed by atoms with Gasteiger partial charge < -0.3 is 14.3 Å². The normalized spacial score (nSPS) is 11.5. The third-order valence-electron chi connectivity index (χ3n) is 2.89. The van der Waals surface area contributed by atoms with Crippen molar-refractivity contribution in [1.29, 1.82) is 0 Å². The topological polar surface area (TPSA) is 44.9 Å². The van der Waals surface area contributed by atoms with Crippen molar-refractivity contribution >= 4 is 29.9 Å². The Morgan fingerprint density at radius 2 is 1.74 bits per heavy atom. The average molecular weight is 380 g/mol. The van der Waals surface area contributed by atoms with Gasteiger partial charge in [-0.1, -0.05) is 12.1 Å². The summed E-state index contributed by atoms with van der Waals surface area (Å²) in [5.74, 6) is 2.17. The maximum atomic E-state index is 5.20. The van der Waals surface area contributed by atoms with E-state index >= 15 is 0 Å². The Hall–Kier alpha value is -0.790. The van der Waals surface area contributed by atoms with Crippen LogP contribution in [-0.2, 0) is 0 Å². The molecule has 1 rings (SSSR count). The molecule has 0 aliphatic heterocycles. The van der Waals surface area contributed by atoms with Gasteiger partial charge in [0, 0.05) is 46.2 Å². The van der Waals surface area contributed by atoms with Crippen molar-refractivity contribution in [3.63, 3.8) is 0 Å². The molecule has 0 saturated carbocycles. The second-order valence-electron chi connectivity index (χ2n) is 5.07. The van der Waals surface area contributed by atoms with E-state index in [0.29, 0.717) is 5.92 Å². The van der Waals surface area contributed by atoms with Gasteiger partial charge >= 0.3 is 0 Å². The highest BCUT2D eigenvalue weighted by atomic mass is 127. The molecular formula is C13H25IN4O. The summed E-state index contributed by atoms with van der Waals surface area (Å²) in [6.07, 6.45) is 0. The summed E-state index contributed by atoms with van der Waals surface area (Å²) < 4.78 is 5.20. The molecule has 110 valence electrons. The smallest absolute Gasteiger partial charge is 0.195 e. The molecule has 0 aliphatic rings. The van der Waals surface area contributed by atoms with Crippen LogP contribution >= 0.6 is 24.0 Å². The molecule has 0 radical (unpaired) electrons. The van der Waals surface area contributed by atoms with Crippen molar-refractivity contribution in [3.05, 3.63) is 17.0 Å². The van der Waals surface area contributed by atoms with E-state index in [1.807, 2.05) is 51.8 Å². The van der Waals surface area contributed by atoms with E-state index in [1.165, 1.54) is 5.56 Å². The van der Waals surface area contributed by atoms with Crippen LogP contribution in [0.25, 0.3) is 0 Å². The molecule has 0 bridgehead atoms. The summed E-state index contributed by atoms with van der Waals surface area (Å²) in [6.45, 7) is 6.81. The summed E-state index contributed by atoms with van der Waals surface area (Å²) in [4.78, 5) is 8.69. The fourth-order valence-electron chi connectivity index (χ4n) is 2.19. The molecule has 1 aromatic rings. The Morgan fingerprint density at radius 1 is 1.21 bits per heavy atom. The van der Waals surface area contributed by atoms with Gasteiger partial charge in [-0.15, -0.1) is 24.0 Å². The van der Waals surface area contributed by atoms with E-state index in [9.17, 15) is 0 Å². The summed E-state index contributed by atoms with van der Waals surface area (Å²) in [5.41, 5.74) is 2.14. The number of aromatic nitrogens is 1. The van der Waals surface area contributed by atoms with E-state index in [4.69, 9.17) is 4.52 Å². The number of aryl methyl sites for hydroxylation is 2. The van der Waals surface area contributed by atoms with Gasteiger partial charge in [-0.05, 0) is 13.8 Å². The number of rotatable bonds is 3. The molecule has 0 aliphatic carbocycles. The van der Waals surface area contributed by atoms with Crippen LogP contribution in [-0.4, -0.2) is 55.7 Å². The third-order valence-corrected chi connectivity index (χ3v) is 2.89. The summed E-state index contributed by atoms with van der Waals surface area (Å²) >= 11 is 0. The molecule has 1 heterocycles. The minimum Gasteiger partial charge on any atom is -0.361 e. The van der Waals surface area contributed by atoms with Crippen LogP contribution in [0, 0.1) is 13.8 Å². The fraction of sp³-hybridized carbons (Fsp3) is 0.692. The number of nitrogens with zero attached hydrogens (tertiary/aromatic N) is 4. The quantitative estimate of drug-likeness (QED) is 0.459. The Morgan fingerprint density at radius 3 is 2.11 bits per heavy atom. The average Bonchev–Trinajstić information content (AvgIpc) is 2.57. The standard InChI is InChI=1S/C13H24N4O.HI/c1-9(12-10(2)15-18-11(12)3)8-14-13(16(4)5)17(6)7;/h9H,8H2,1-7H3;1H. The third kappa shape index (κ3) is 4.67. The number of halogens is 1. The highest BCUT2D eigenvalue weighted by Gasteiger charge is 2.16. The maximum Gasteiger partial charge on any atom is 0.195 e. The fourth-order valence-corrected chi connectivity index (χ4v) is 2.19. The van der Waals surface area contributed by atoms with Gasteiger partial charge in [0.05, 0.1) is 5.69 Å². The second kappa shape index (κ2) is 7.72. The Labute approximate surface area is 133 Å². The van der Waals surface area contributed by atoms with Crippen LogP contribution in [0.1, 0.15) is 29.9 Å². The molecular weight excluding hydrogens is 355 g/mol. The lowest BCUT2D eigenvalue weighted by atomic mass is 10.00. The lowest BCUT2D eigenvalue weighted by molar-refractivity contribution is 0.391. The highest BCUT2D eigenvalue weighted by molar-refractivity contribution is 14.0. The summed E-state index contributed by atoms with van der Waals surface area (Å²) in [6, 6.07) is 0. The van der Waals surface area contributed by atoms with Gasteiger partial charge in [0.25, 0.3) is 0 Å². The molecule has 1 atom stereocenters. The van der Waals surface area contributed by atoms with Crippen LogP contribution in [0.15, 0.2) is 9.52 Å². The molecule has 0 aromatic carbocycles. The zero-order valence-electron chi connectivity index (χ0n) is 12.9. The monoisotopic (exact) mass is 380 g/mol. The molecule has 1 aromatic heterocycles. The van der Waals surface area contributed by atoms with Crippen molar-refractivity contribution in [3.8, 4) is 0 Å². The molecule has 6 heteroatoms.